The van der Waals surface area contributed by atoms with E-state index in [0.717, 1.165) is 4.47 Å². The van der Waals surface area contributed by atoms with Gasteiger partial charge in [-0.15, -0.1) is 11.3 Å². The van der Waals surface area contributed by atoms with Crippen molar-refractivity contribution < 1.29 is 9.53 Å². The van der Waals surface area contributed by atoms with E-state index in [2.05, 4.69) is 15.9 Å². The lowest BCUT2D eigenvalue weighted by Crippen LogP contribution is -2.10. The van der Waals surface area contributed by atoms with Crippen LogP contribution in [0.25, 0.3) is 0 Å². The Balaban J connectivity index is 2.72. The molecule has 0 spiro atoms. The molecule has 4 heteroatoms. The molecule has 1 rings (SSSR count). The van der Waals surface area contributed by atoms with E-state index in [1.807, 2.05) is 25.3 Å². The van der Waals surface area contributed by atoms with Crippen LogP contribution in [0.15, 0.2) is 15.9 Å². The Kier molecular flexibility index (Phi) is 3.29. The quantitative estimate of drug-likeness (QED) is 0.753. The van der Waals surface area contributed by atoms with Crippen LogP contribution in [0.4, 0.5) is 0 Å². The van der Waals surface area contributed by atoms with Gasteiger partial charge in [0.25, 0.3) is 0 Å². The maximum absolute atomic E-state index is 11.3. The van der Waals surface area contributed by atoms with Crippen LogP contribution in [0.5, 0.6) is 0 Å². The molecule has 1 aromatic heterocycles. The molecule has 0 N–H and O–H groups in total. The molecule has 0 aliphatic heterocycles. The number of carbonyl (C=O) groups excluding carboxylic acids is 1. The maximum atomic E-state index is 11.3. The summed E-state index contributed by atoms with van der Waals surface area (Å²) in [6.07, 6.45) is -0.0634. The first-order valence-corrected chi connectivity index (χ1v) is 5.22. The lowest BCUT2D eigenvalue weighted by Gasteiger charge is -2.05. The Hall–Kier alpha value is -0.350. The van der Waals surface area contributed by atoms with Gasteiger partial charge < -0.3 is 4.74 Å². The molecular weight excluding hydrogens is 240 g/mol. The third kappa shape index (κ3) is 2.32. The fraction of sp³-hybridized carbons (Fsp3) is 0.375. The molecule has 1 heterocycles. The van der Waals surface area contributed by atoms with E-state index in [4.69, 9.17) is 4.74 Å². The molecule has 66 valence electrons. The Bertz CT molecular complexity index is 280. The molecule has 0 aromatic carbocycles. The van der Waals surface area contributed by atoms with Crippen molar-refractivity contribution in [2.75, 3.05) is 0 Å². The molecule has 2 nitrogen and oxygen atoms in total. The zero-order valence-corrected chi connectivity index (χ0v) is 9.24. The summed E-state index contributed by atoms with van der Waals surface area (Å²) in [5, 5.41) is 1.85. The first-order valence-electron chi connectivity index (χ1n) is 3.55. The lowest BCUT2D eigenvalue weighted by atomic mass is 10.4. The minimum Gasteiger partial charge on any atom is -0.459 e. The van der Waals surface area contributed by atoms with Crippen LogP contribution < -0.4 is 0 Å². The summed E-state index contributed by atoms with van der Waals surface area (Å²) >= 11 is 4.64. The standard InChI is InChI=1S/C8H9BrO2S/c1-5(2)11-8(10)7-6(9)3-4-12-7/h3-5H,1-2H3. The van der Waals surface area contributed by atoms with Crippen LogP contribution >= 0.6 is 27.3 Å². The normalized spacial score (nSPS) is 10.3. The minimum absolute atomic E-state index is 0.0634. The van der Waals surface area contributed by atoms with E-state index in [1.165, 1.54) is 11.3 Å². The zero-order chi connectivity index (χ0) is 9.14. The van der Waals surface area contributed by atoms with Gasteiger partial charge in [-0.2, -0.15) is 0 Å². The summed E-state index contributed by atoms with van der Waals surface area (Å²) in [6.45, 7) is 3.67. The van der Waals surface area contributed by atoms with Crippen LogP contribution in [0, 0.1) is 0 Å². The SMILES string of the molecule is CC(C)OC(=O)c1sccc1Br. The van der Waals surface area contributed by atoms with Crippen molar-refractivity contribution in [3.8, 4) is 0 Å². The average molecular weight is 249 g/mol. The van der Waals surface area contributed by atoms with Crippen molar-refractivity contribution in [1.82, 2.24) is 0 Å². The second-order valence-electron chi connectivity index (χ2n) is 2.55. The van der Waals surface area contributed by atoms with Crippen molar-refractivity contribution >= 4 is 33.2 Å². The van der Waals surface area contributed by atoms with E-state index in [1.54, 1.807) is 0 Å². The van der Waals surface area contributed by atoms with Gasteiger partial charge in [0, 0.05) is 4.47 Å². The molecule has 0 atom stereocenters. The van der Waals surface area contributed by atoms with Gasteiger partial charge in [0.05, 0.1) is 6.10 Å². The summed E-state index contributed by atoms with van der Waals surface area (Å²) in [7, 11) is 0. The van der Waals surface area contributed by atoms with Gasteiger partial charge in [0.2, 0.25) is 0 Å². The molecule has 1 aromatic rings. The van der Waals surface area contributed by atoms with Crippen LogP contribution in [0.3, 0.4) is 0 Å². The molecule has 0 aliphatic rings. The molecule has 0 unspecified atom stereocenters. The number of thiophene rings is 1. The Morgan fingerprint density at radius 1 is 1.67 bits per heavy atom. The average Bonchev–Trinajstić information content (AvgIpc) is 2.33. The van der Waals surface area contributed by atoms with E-state index < -0.39 is 0 Å². The van der Waals surface area contributed by atoms with Gasteiger partial charge in [-0.25, -0.2) is 4.79 Å². The topological polar surface area (TPSA) is 26.3 Å². The summed E-state index contributed by atoms with van der Waals surface area (Å²) in [5.74, 6) is -0.258. The van der Waals surface area contributed by atoms with Crippen molar-refractivity contribution in [2.24, 2.45) is 0 Å². The van der Waals surface area contributed by atoms with Crippen molar-refractivity contribution in [2.45, 2.75) is 20.0 Å². The van der Waals surface area contributed by atoms with Crippen molar-refractivity contribution in [3.63, 3.8) is 0 Å². The molecule has 0 fully saturated rings. The van der Waals surface area contributed by atoms with Crippen LogP contribution in [0.1, 0.15) is 23.5 Å². The summed E-state index contributed by atoms with van der Waals surface area (Å²) in [5.41, 5.74) is 0. The second-order valence-corrected chi connectivity index (χ2v) is 4.32. The van der Waals surface area contributed by atoms with E-state index in [9.17, 15) is 4.79 Å². The highest BCUT2D eigenvalue weighted by Gasteiger charge is 2.13. The number of ether oxygens (including phenoxy) is 1. The first kappa shape index (κ1) is 9.74. The van der Waals surface area contributed by atoms with Crippen LogP contribution in [-0.2, 0) is 4.74 Å². The summed E-state index contributed by atoms with van der Waals surface area (Å²) in [4.78, 5) is 11.9. The highest BCUT2D eigenvalue weighted by molar-refractivity contribution is 9.10. The third-order valence-corrected chi connectivity index (χ3v) is 2.96. The number of hydrogen-bond acceptors (Lipinski definition) is 3. The fourth-order valence-electron chi connectivity index (χ4n) is 0.707. The zero-order valence-electron chi connectivity index (χ0n) is 6.83. The van der Waals surface area contributed by atoms with E-state index in [-0.39, 0.29) is 12.1 Å². The summed E-state index contributed by atoms with van der Waals surface area (Å²) < 4.78 is 5.82. The van der Waals surface area contributed by atoms with E-state index in [0.29, 0.717) is 4.88 Å². The Morgan fingerprint density at radius 2 is 2.33 bits per heavy atom. The molecule has 0 saturated heterocycles. The monoisotopic (exact) mass is 248 g/mol. The smallest absolute Gasteiger partial charge is 0.349 e. The van der Waals surface area contributed by atoms with Gasteiger partial charge >= 0.3 is 5.97 Å². The fourth-order valence-corrected chi connectivity index (χ4v) is 2.12. The first-order chi connectivity index (χ1) is 5.61. The number of carbonyl (C=O) groups is 1. The van der Waals surface area contributed by atoms with Crippen molar-refractivity contribution in [1.29, 1.82) is 0 Å². The van der Waals surface area contributed by atoms with E-state index >= 15 is 0 Å². The predicted octanol–water partition coefficient (Wildman–Crippen LogP) is 3.08. The Morgan fingerprint density at radius 3 is 2.75 bits per heavy atom. The van der Waals surface area contributed by atoms with Crippen molar-refractivity contribution in [3.05, 3.63) is 20.8 Å². The number of rotatable bonds is 2. The van der Waals surface area contributed by atoms with Gasteiger partial charge in [0.15, 0.2) is 0 Å². The molecule has 0 saturated carbocycles. The molecule has 0 radical (unpaired) electrons. The highest BCUT2D eigenvalue weighted by atomic mass is 79.9. The largest absolute Gasteiger partial charge is 0.459 e. The predicted molar refractivity (Wildman–Crippen MR) is 52.6 cm³/mol. The van der Waals surface area contributed by atoms with Gasteiger partial charge in [-0.3, -0.25) is 0 Å². The number of hydrogen-bond donors (Lipinski definition) is 0. The number of halogens is 1. The van der Waals surface area contributed by atoms with Gasteiger partial charge in [-0.05, 0) is 41.2 Å². The lowest BCUT2D eigenvalue weighted by molar-refractivity contribution is 0.0383. The molecule has 0 aliphatic carbocycles. The van der Waals surface area contributed by atoms with Crippen LogP contribution in [-0.4, -0.2) is 12.1 Å². The molecule has 12 heavy (non-hydrogen) atoms. The minimum atomic E-state index is -0.258. The highest BCUT2D eigenvalue weighted by Crippen LogP contribution is 2.23. The Labute approximate surface area is 83.7 Å². The maximum Gasteiger partial charge on any atom is 0.349 e. The van der Waals surface area contributed by atoms with Gasteiger partial charge in [-0.1, -0.05) is 0 Å². The second kappa shape index (κ2) is 4.05. The molecule has 0 amide bonds. The van der Waals surface area contributed by atoms with Crippen LogP contribution in [0.2, 0.25) is 0 Å². The number of esters is 1. The third-order valence-electron chi connectivity index (χ3n) is 1.15. The molecular formula is C8H9BrO2S. The summed E-state index contributed by atoms with van der Waals surface area (Å²) in [6, 6.07) is 1.83. The molecule has 0 bridgehead atoms. The van der Waals surface area contributed by atoms with Gasteiger partial charge in [0.1, 0.15) is 4.88 Å².